The molecule has 2 N–H and O–H groups in total. The Morgan fingerprint density at radius 2 is 1.81 bits per heavy atom. The van der Waals surface area contributed by atoms with Gasteiger partial charge in [-0.15, -0.1) is 0 Å². The van der Waals surface area contributed by atoms with E-state index in [0.717, 1.165) is 18.8 Å². The molecule has 8 nitrogen and oxygen atoms in total. The van der Waals surface area contributed by atoms with Crippen molar-refractivity contribution in [2.45, 2.75) is 26.4 Å². The lowest BCUT2D eigenvalue weighted by Gasteiger charge is -2.28. The van der Waals surface area contributed by atoms with Gasteiger partial charge in [0.2, 0.25) is 12.4 Å². The molecule has 0 bridgehead atoms. The average Bonchev–Trinajstić information content (AvgIpc) is 2.79. The van der Waals surface area contributed by atoms with E-state index in [0.29, 0.717) is 30.9 Å². The van der Waals surface area contributed by atoms with Crippen LogP contribution in [0.25, 0.3) is 0 Å². The molecule has 2 aromatic carbocycles. The fraction of sp³-hybridized carbons (Fsp3) is 0.348. The fourth-order valence-corrected chi connectivity index (χ4v) is 3.19. The average molecular weight is 442 g/mol. The Labute approximate surface area is 187 Å². The highest BCUT2D eigenvalue weighted by Gasteiger charge is 2.16. The van der Waals surface area contributed by atoms with Crippen LogP contribution in [0.5, 0.6) is 0 Å². The maximum Gasteiger partial charge on any atom is 0.321 e. The van der Waals surface area contributed by atoms with Crippen molar-refractivity contribution >= 4 is 29.8 Å². The molecule has 32 heavy (non-hydrogen) atoms. The van der Waals surface area contributed by atoms with Crippen LogP contribution in [-0.4, -0.2) is 55.6 Å². The molecule has 1 aliphatic rings. The smallest absolute Gasteiger partial charge is 0.321 e. The zero-order chi connectivity index (χ0) is 22.9. The van der Waals surface area contributed by atoms with Gasteiger partial charge in [-0.2, -0.15) is 0 Å². The lowest BCUT2D eigenvalue weighted by atomic mass is 10.2. The fourth-order valence-electron chi connectivity index (χ4n) is 3.19. The predicted octanol–water partition coefficient (Wildman–Crippen LogP) is 3.02. The minimum atomic E-state index is -0.477. The second-order valence-electron chi connectivity index (χ2n) is 7.66. The first kappa shape index (κ1) is 23.2. The Kier molecular flexibility index (Phi) is 8.15. The largest absolute Gasteiger partial charge is 0.378 e. The molecule has 1 heterocycles. The van der Waals surface area contributed by atoms with E-state index in [1.54, 1.807) is 12.1 Å². The summed E-state index contributed by atoms with van der Waals surface area (Å²) in [4.78, 5) is 32.2. The molecule has 1 aliphatic heterocycles. The third-order valence-corrected chi connectivity index (χ3v) is 4.77. The summed E-state index contributed by atoms with van der Waals surface area (Å²) in [5.74, 6) is -0.295. The number of ether oxygens (including phenoxy) is 1. The molecule has 170 valence electrons. The second kappa shape index (κ2) is 11.2. The van der Waals surface area contributed by atoms with E-state index >= 15 is 0 Å². The van der Waals surface area contributed by atoms with Crippen LogP contribution in [0.4, 0.5) is 20.6 Å². The van der Waals surface area contributed by atoms with Crippen molar-refractivity contribution < 1.29 is 18.7 Å². The Morgan fingerprint density at radius 3 is 2.41 bits per heavy atom. The summed E-state index contributed by atoms with van der Waals surface area (Å²) >= 11 is 0. The van der Waals surface area contributed by atoms with E-state index in [2.05, 4.69) is 20.5 Å². The number of rotatable bonds is 6. The van der Waals surface area contributed by atoms with Gasteiger partial charge in [-0.1, -0.05) is 12.1 Å². The number of nitrogens with zero attached hydrogens (tertiary/aromatic N) is 3. The number of carbonyl (C=O) groups is 2. The standard InChI is InChI=1S/C23H28FN5O3/c1-17(2)25-23(31)27-22(29(16-30)15-18-3-5-19(24)6-4-18)26-20-7-9-21(10-8-20)28-11-13-32-14-12-28/h3-10,16-17H,11-15H2,1-2H3,(H2,25,26,27,31). The minimum absolute atomic E-state index is 0.0709. The van der Waals surface area contributed by atoms with E-state index in [1.165, 1.54) is 17.0 Å². The van der Waals surface area contributed by atoms with Gasteiger partial charge in [-0.25, -0.2) is 14.2 Å². The molecular weight excluding hydrogens is 413 g/mol. The van der Waals surface area contributed by atoms with Gasteiger partial charge in [0.05, 0.1) is 25.4 Å². The van der Waals surface area contributed by atoms with Gasteiger partial charge in [0.1, 0.15) is 5.82 Å². The van der Waals surface area contributed by atoms with Gasteiger partial charge in [-0.05, 0) is 55.8 Å². The number of hydrogen-bond acceptors (Lipinski definition) is 5. The second-order valence-corrected chi connectivity index (χ2v) is 7.66. The van der Waals surface area contributed by atoms with Crippen LogP contribution in [0.15, 0.2) is 53.5 Å². The lowest BCUT2D eigenvalue weighted by Crippen LogP contribution is -2.48. The van der Waals surface area contributed by atoms with Crippen molar-refractivity contribution in [2.75, 3.05) is 31.2 Å². The van der Waals surface area contributed by atoms with Crippen molar-refractivity contribution in [3.05, 3.63) is 59.9 Å². The van der Waals surface area contributed by atoms with Gasteiger partial charge >= 0.3 is 6.03 Å². The molecule has 3 rings (SSSR count). The zero-order valence-corrected chi connectivity index (χ0v) is 18.3. The quantitative estimate of drug-likeness (QED) is 0.410. The predicted molar refractivity (Wildman–Crippen MR) is 121 cm³/mol. The van der Waals surface area contributed by atoms with Crippen LogP contribution in [0.3, 0.4) is 0 Å². The molecule has 0 aromatic heterocycles. The lowest BCUT2D eigenvalue weighted by molar-refractivity contribution is -0.115. The van der Waals surface area contributed by atoms with Crippen LogP contribution < -0.4 is 15.5 Å². The molecular formula is C23H28FN5O3. The maximum atomic E-state index is 13.2. The normalized spacial score (nSPS) is 14.2. The molecule has 9 heteroatoms. The summed E-state index contributed by atoms with van der Waals surface area (Å²) in [6.07, 6.45) is 0.583. The molecule has 0 unspecified atom stereocenters. The van der Waals surface area contributed by atoms with Gasteiger partial charge in [0, 0.05) is 24.8 Å². The van der Waals surface area contributed by atoms with Crippen LogP contribution in [0.2, 0.25) is 0 Å². The number of morpholine rings is 1. The molecule has 0 atom stereocenters. The molecule has 1 saturated heterocycles. The zero-order valence-electron chi connectivity index (χ0n) is 18.3. The molecule has 0 saturated carbocycles. The first-order chi connectivity index (χ1) is 15.4. The molecule has 2 aromatic rings. The van der Waals surface area contributed by atoms with Gasteiger partial charge in [0.25, 0.3) is 0 Å². The Hall–Kier alpha value is -3.46. The van der Waals surface area contributed by atoms with E-state index in [1.807, 2.05) is 38.1 Å². The minimum Gasteiger partial charge on any atom is -0.378 e. The molecule has 1 fully saturated rings. The molecule has 0 spiro atoms. The third kappa shape index (κ3) is 6.78. The number of aliphatic imine (C=N–C) groups is 1. The number of guanidine groups is 1. The van der Waals surface area contributed by atoms with Gasteiger partial charge < -0.3 is 15.0 Å². The summed E-state index contributed by atoms with van der Waals surface area (Å²) < 4.78 is 18.6. The summed E-state index contributed by atoms with van der Waals surface area (Å²) in [5.41, 5.74) is 2.32. The topological polar surface area (TPSA) is 86.3 Å². The highest BCUT2D eigenvalue weighted by molar-refractivity contribution is 6.01. The van der Waals surface area contributed by atoms with Crippen molar-refractivity contribution in [3.63, 3.8) is 0 Å². The Balaban J connectivity index is 1.82. The summed E-state index contributed by atoms with van der Waals surface area (Å²) in [6.45, 7) is 6.81. The van der Waals surface area contributed by atoms with Crippen molar-refractivity contribution in [2.24, 2.45) is 4.99 Å². The summed E-state index contributed by atoms with van der Waals surface area (Å²) in [7, 11) is 0. The first-order valence-corrected chi connectivity index (χ1v) is 10.5. The van der Waals surface area contributed by atoms with Crippen molar-refractivity contribution in [3.8, 4) is 0 Å². The highest BCUT2D eigenvalue weighted by atomic mass is 19.1. The van der Waals surface area contributed by atoms with Crippen LogP contribution in [0, 0.1) is 5.82 Å². The first-order valence-electron chi connectivity index (χ1n) is 10.5. The number of nitrogens with one attached hydrogen (secondary N) is 2. The van der Waals surface area contributed by atoms with Crippen LogP contribution in [-0.2, 0) is 16.1 Å². The van der Waals surface area contributed by atoms with E-state index < -0.39 is 6.03 Å². The number of carbonyl (C=O) groups excluding carboxylic acids is 2. The monoisotopic (exact) mass is 441 g/mol. The maximum absolute atomic E-state index is 13.2. The number of anilines is 1. The van der Waals surface area contributed by atoms with E-state index in [-0.39, 0.29) is 24.4 Å². The van der Waals surface area contributed by atoms with Gasteiger partial charge in [0.15, 0.2) is 0 Å². The van der Waals surface area contributed by atoms with Crippen molar-refractivity contribution in [1.29, 1.82) is 0 Å². The summed E-state index contributed by atoms with van der Waals surface area (Å²) in [6, 6.07) is 12.8. The number of halogens is 1. The molecule has 0 aliphatic carbocycles. The number of hydrogen-bond donors (Lipinski definition) is 2. The Morgan fingerprint density at radius 1 is 1.16 bits per heavy atom. The molecule has 0 radical (unpaired) electrons. The SMILES string of the molecule is CC(C)NC(=O)NC(=Nc1ccc(N2CCOCC2)cc1)N(C=O)Cc1ccc(F)cc1. The van der Waals surface area contributed by atoms with Crippen molar-refractivity contribution in [1.82, 2.24) is 15.5 Å². The third-order valence-electron chi connectivity index (χ3n) is 4.77. The number of urea groups is 1. The van der Waals surface area contributed by atoms with E-state index in [4.69, 9.17) is 4.74 Å². The van der Waals surface area contributed by atoms with E-state index in [9.17, 15) is 14.0 Å². The number of amides is 3. The molecule has 3 amide bonds. The number of benzene rings is 2. The Bertz CT molecular complexity index is 926. The summed E-state index contributed by atoms with van der Waals surface area (Å²) in [5, 5.41) is 5.37. The highest BCUT2D eigenvalue weighted by Crippen LogP contribution is 2.21. The van der Waals surface area contributed by atoms with Gasteiger partial charge in [-0.3, -0.25) is 15.0 Å². The van der Waals surface area contributed by atoms with Crippen LogP contribution in [0.1, 0.15) is 19.4 Å². The van der Waals surface area contributed by atoms with Crippen LogP contribution >= 0.6 is 0 Å².